The number of hydrogen-bond acceptors (Lipinski definition) is 2. The Hall–Kier alpha value is -1.16. The van der Waals surface area contributed by atoms with Gasteiger partial charge in [0.05, 0.1) is 10.0 Å². The maximum atomic E-state index is 11.9. The number of nitrogens with one attached hydrogen (secondary N) is 1. The number of aryl methyl sites for hydroxylation is 1. The van der Waals surface area contributed by atoms with Crippen molar-refractivity contribution in [1.29, 1.82) is 0 Å². The van der Waals surface area contributed by atoms with Crippen molar-refractivity contribution in [3.63, 3.8) is 0 Å². The van der Waals surface area contributed by atoms with Crippen LogP contribution in [0.5, 0.6) is 0 Å². The number of hydrogen-bond donors (Lipinski definition) is 1. The highest BCUT2D eigenvalue weighted by atomic mass is 35.5. The smallest absolute Gasteiger partial charge is 0.251 e. The van der Waals surface area contributed by atoms with Crippen LogP contribution in [0.2, 0.25) is 10.0 Å². The SMILES string of the molecule is Cc1ccc(C(=O)NCCSCc2ccc(Cl)c(Cl)c2)cc1. The Labute approximate surface area is 145 Å². The van der Waals surface area contributed by atoms with Crippen LogP contribution in [0.15, 0.2) is 42.5 Å². The third-order valence-electron chi connectivity index (χ3n) is 3.10. The van der Waals surface area contributed by atoms with Crippen molar-refractivity contribution in [1.82, 2.24) is 5.32 Å². The average molecular weight is 354 g/mol. The van der Waals surface area contributed by atoms with Crippen LogP contribution in [-0.4, -0.2) is 18.2 Å². The zero-order chi connectivity index (χ0) is 15.9. The second-order valence-corrected chi connectivity index (χ2v) is 6.84. The summed E-state index contributed by atoms with van der Waals surface area (Å²) < 4.78 is 0. The quantitative estimate of drug-likeness (QED) is 0.743. The van der Waals surface area contributed by atoms with E-state index < -0.39 is 0 Å². The average Bonchev–Trinajstić information content (AvgIpc) is 2.51. The first-order valence-electron chi connectivity index (χ1n) is 6.93. The van der Waals surface area contributed by atoms with E-state index in [2.05, 4.69) is 5.32 Å². The number of benzene rings is 2. The van der Waals surface area contributed by atoms with Crippen molar-refractivity contribution in [2.45, 2.75) is 12.7 Å². The van der Waals surface area contributed by atoms with Crippen LogP contribution in [0.4, 0.5) is 0 Å². The highest BCUT2D eigenvalue weighted by Crippen LogP contribution is 2.24. The van der Waals surface area contributed by atoms with E-state index in [0.29, 0.717) is 22.2 Å². The van der Waals surface area contributed by atoms with Crippen LogP contribution in [0, 0.1) is 6.92 Å². The first kappa shape index (κ1) is 17.2. The molecule has 0 saturated carbocycles. The molecule has 0 aliphatic heterocycles. The molecule has 2 aromatic rings. The largest absolute Gasteiger partial charge is 0.351 e. The highest BCUT2D eigenvalue weighted by Gasteiger charge is 2.04. The molecule has 0 spiro atoms. The van der Waals surface area contributed by atoms with E-state index in [1.807, 2.05) is 43.3 Å². The molecule has 0 bridgehead atoms. The number of carbonyl (C=O) groups excluding carboxylic acids is 1. The number of halogens is 2. The lowest BCUT2D eigenvalue weighted by Gasteiger charge is -2.06. The maximum Gasteiger partial charge on any atom is 0.251 e. The Balaban J connectivity index is 1.69. The zero-order valence-corrected chi connectivity index (χ0v) is 14.6. The molecular weight excluding hydrogens is 337 g/mol. The van der Waals surface area contributed by atoms with Gasteiger partial charge in [-0.1, -0.05) is 47.0 Å². The molecule has 0 atom stereocenters. The van der Waals surface area contributed by atoms with E-state index in [9.17, 15) is 4.79 Å². The van der Waals surface area contributed by atoms with Crippen molar-refractivity contribution >= 4 is 40.9 Å². The fourth-order valence-corrected chi connectivity index (χ4v) is 2.99. The minimum absolute atomic E-state index is 0.0323. The standard InChI is InChI=1S/C17H17Cl2NOS/c1-12-2-5-14(6-3-12)17(21)20-8-9-22-11-13-4-7-15(18)16(19)10-13/h2-7,10H,8-9,11H2,1H3,(H,20,21). The molecule has 2 aromatic carbocycles. The van der Waals surface area contributed by atoms with Crippen LogP contribution >= 0.6 is 35.0 Å². The van der Waals surface area contributed by atoms with E-state index in [4.69, 9.17) is 23.2 Å². The van der Waals surface area contributed by atoms with Gasteiger partial charge in [0.25, 0.3) is 5.91 Å². The number of carbonyl (C=O) groups is 1. The topological polar surface area (TPSA) is 29.1 Å². The first-order valence-corrected chi connectivity index (χ1v) is 8.84. The van der Waals surface area contributed by atoms with E-state index >= 15 is 0 Å². The monoisotopic (exact) mass is 353 g/mol. The zero-order valence-electron chi connectivity index (χ0n) is 12.2. The summed E-state index contributed by atoms with van der Waals surface area (Å²) in [6, 6.07) is 13.2. The first-order chi connectivity index (χ1) is 10.6. The number of amides is 1. The minimum atomic E-state index is -0.0323. The summed E-state index contributed by atoms with van der Waals surface area (Å²) in [4.78, 5) is 11.9. The summed E-state index contributed by atoms with van der Waals surface area (Å²) in [6.07, 6.45) is 0. The second kappa shape index (κ2) is 8.47. The molecule has 2 rings (SSSR count). The number of thioether (sulfide) groups is 1. The predicted octanol–water partition coefficient (Wildman–Crippen LogP) is 4.97. The maximum absolute atomic E-state index is 11.9. The van der Waals surface area contributed by atoms with Crippen molar-refractivity contribution in [3.05, 3.63) is 69.2 Å². The summed E-state index contributed by atoms with van der Waals surface area (Å²) in [5.41, 5.74) is 2.97. The summed E-state index contributed by atoms with van der Waals surface area (Å²) in [7, 11) is 0. The molecule has 0 fully saturated rings. The van der Waals surface area contributed by atoms with Gasteiger partial charge in [-0.25, -0.2) is 0 Å². The highest BCUT2D eigenvalue weighted by molar-refractivity contribution is 7.98. The molecule has 0 unspecified atom stereocenters. The van der Waals surface area contributed by atoms with Crippen LogP contribution in [0.25, 0.3) is 0 Å². The molecule has 0 saturated heterocycles. The van der Waals surface area contributed by atoms with Gasteiger partial charge < -0.3 is 5.32 Å². The van der Waals surface area contributed by atoms with Crippen LogP contribution < -0.4 is 5.32 Å². The molecule has 0 aliphatic rings. The van der Waals surface area contributed by atoms with Gasteiger partial charge in [0.1, 0.15) is 0 Å². The summed E-state index contributed by atoms with van der Waals surface area (Å²) >= 11 is 13.6. The lowest BCUT2D eigenvalue weighted by atomic mass is 10.1. The Kier molecular flexibility index (Phi) is 6.62. The molecule has 22 heavy (non-hydrogen) atoms. The van der Waals surface area contributed by atoms with Gasteiger partial charge in [0.2, 0.25) is 0 Å². The van der Waals surface area contributed by atoms with Gasteiger partial charge in [-0.2, -0.15) is 11.8 Å². The van der Waals surface area contributed by atoms with Gasteiger partial charge in [0.15, 0.2) is 0 Å². The fraction of sp³-hybridized carbons (Fsp3) is 0.235. The molecular formula is C17H17Cl2NOS. The molecule has 1 N–H and O–H groups in total. The third kappa shape index (κ3) is 5.24. The fourth-order valence-electron chi connectivity index (χ4n) is 1.86. The van der Waals surface area contributed by atoms with E-state index in [-0.39, 0.29) is 5.91 Å². The molecule has 0 aliphatic carbocycles. The van der Waals surface area contributed by atoms with Gasteiger partial charge in [0, 0.05) is 23.6 Å². The minimum Gasteiger partial charge on any atom is -0.351 e. The molecule has 0 aromatic heterocycles. The Morgan fingerprint density at radius 1 is 1.09 bits per heavy atom. The van der Waals surface area contributed by atoms with E-state index in [1.165, 1.54) is 0 Å². The van der Waals surface area contributed by atoms with Crippen LogP contribution in [0.3, 0.4) is 0 Å². The normalized spacial score (nSPS) is 10.5. The van der Waals surface area contributed by atoms with Crippen LogP contribution in [0.1, 0.15) is 21.5 Å². The molecule has 1 amide bonds. The van der Waals surface area contributed by atoms with Crippen molar-refractivity contribution < 1.29 is 4.79 Å². The van der Waals surface area contributed by atoms with Crippen molar-refractivity contribution in [3.8, 4) is 0 Å². The molecule has 0 heterocycles. The van der Waals surface area contributed by atoms with Gasteiger partial charge in [-0.15, -0.1) is 0 Å². The molecule has 116 valence electrons. The summed E-state index contributed by atoms with van der Waals surface area (Å²) in [6.45, 7) is 2.64. The summed E-state index contributed by atoms with van der Waals surface area (Å²) in [5.74, 6) is 1.66. The molecule has 2 nitrogen and oxygen atoms in total. The number of rotatable bonds is 6. The molecule has 5 heteroatoms. The van der Waals surface area contributed by atoms with E-state index in [1.54, 1.807) is 17.8 Å². The molecule has 0 radical (unpaired) electrons. The Morgan fingerprint density at radius 2 is 1.82 bits per heavy atom. The Bertz CT molecular complexity index is 644. The van der Waals surface area contributed by atoms with Gasteiger partial charge in [-0.05, 0) is 36.8 Å². The lowest BCUT2D eigenvalue weighted by Crippen LogP contribution is -2.25. The van der Waals surface area contributed by atoms with Crippen molar-refractivity contribution in [2.24, 2.45) is 0 Å². The summed E-state index contributed by atoms with van der Waals surface area (Å²) in [5, 5.41) is 4.06. The second-order valence-electron chi connectivity index (χ2n) is 4.92. The van der Waals surface area contributed by atoms with Gasteiger partial charge >= 0.3 is 0 Å². The van der Waals surface area contributed by atoms with Crippen LogP contribution in [-0.2, 0) is 5.75 Å². The van der Waals surface area contributed by atoms with E-state index in [0.717, 1.165) is 22.6 Å². The predicted molar refractivity (Wildman–Crippen MR) is 96.1 cm³/mol. The van der Waals surface area contributed by atoms with Crippen molar-refractivity contribution in [2.75, 3.05) is 12.3 Å². The third-order valence-corrected chi connectivity index (χ3v) is 4.87. The Morgan fingerprint density at radius 3 is 2.50 bits per heavy atom. The lowest BCUT2D eigenvalue weighted by molar-refractivity contribution is 0.0956. The van der Waals surface area contributed by atoms with Gasteiger partial charge in [-0.3, -0.25) is 4.79 Å².